The topological polar surface area (TPSA) is 43.6 Å². The molecule has 0 aliphatic carbocycles. The zero-order valence-electron chi connectivity index (χ0n) is 7.15. The van der Waals surface area contributed by atoms with E-state index in [1.807, 2.05) is 24.7 Å². The van der Waals surface area contributed by atoms with Crippen LogP contribution in [0.2, 0.25) is 0 Å². The highest BCUT2D eigenvalue weighted by molar-refractivity contribution is 9.10. The number of halogens is 1. The summed E-state index contributed by atoms with van der Waals surface area (Å²) < 4.78 is 6.49. The Bertz CT molecular complexity index is 433. The van der Waals surface area contributed by atoms with Crippen LogP contribution in [0.4, 0.5) is 0 Å². The second-order valence-electron chi connectivity index (χ2n) is 2.66. The third-order valence-electron chi connectivity index (χ3n) is 1.62. The Kier molecular flexibility index (Phi) is 2.17. The number of nitrogens with zero attached hydrogens (tertiary/aromatic N) is 4. The van der Waals surface area contributed by atoms with Crippen molar-refractivity contribution in [1.82, 2.24) is 19.1 Å². The average molecular weight is 259 g/mol. The smallest absolute Gasteiger partial charge is 0.209 e. The van der Waals surface area contributed by atoms with Crippen molar-refractivity contribution >= 4 is 27.5 Å². The maximum Gasteiger partial charge on any atom is 0.209 e. The molecule has 2 aromatic rings. The zero-order chi connectivity index (χ0) is 9.42. The predicted octanol–water partition coefficient (Wildman–Crippen LogP) is 2.01. The molecule has 0 saturated carbocycles. The lowest BCUT2D eigenvalue weighted by molar-refractivity contribution is 0.763. The fraction of sp³-hybridized carbons (Fsp3) is 0.286. The van der Waals surface area contributed by atoms with Crippen molar-refractivity contribution in [3.8, 4) is 10.7 Å². The van der Waals surface area contributed by atoms with Gasteiger partial charge in [-0.15, -0.1) is 0 Å². The molecule has 0 bridgehead atoms. The van der Waals surface area contributed by atoms with Crippen LogP contribution in [0.15, 0.2) is 10.8 Å². The van der Waals surface area contributed by atoms with Gasteiger partial charge < -0.3 is 0 Å². The van der Waals surface area contributed by atoms with Crippen LogP contribution >= 0.6 is 27.5 Å². The van der Waals surface area contributed by atoms with Crippen molar-refractivity contribution < 1.29 is 0 Å². The molecule has 0 aliphatic rings. The van der Waals surface area contributed by atoms with E-state index in [2.05, 4.69) is 30.4 Å². The van der Waals surface area contributed by atoms with E-state index in [1.165, 1.54) is 11.5 Å². The Morgan fingerprint density at radius 3 is 2.77 bits per heavy atom. The molecule has 0 saturated heterocycles. The van der Waals surface area contributed by atoms with Gasteiger partial charge in [-0.25, -0.2) is 4.98 Å². The first-order chi connectivity index (χ1) is 6.16. The molecule has 2 aromatic heterocycles. The number of hydrogen-bond donors (Lipinski definition) is 0. The van der Waals surface area contributed by atoms with E-state index in [1.54, 1.807) is 0 Å². The predicted molar refractivity (Wildman–Crippen MR) is 54.5 cm³/mol. The molecule has 0 radical (unpaired) electrons. The highest BCUT2D eigenvalue weighted by Crippen LogP contribution is 2.23. The second kappa shape index (κ2) is 3.19. The summed E-state index contributed by atoms with van der Waals surface area (Å²) in [4.78, 5) is 4.22. The lowest BCUT2D eigenvalue weighted by atomic mass is 10.4. The lowest BCUT2D eigenvalue weighted by Crippen LogP contribution is -1.92. The maximum absolute atomic E-state index is 4.24. The summed E-state index contributed by atoms with van der Waals surface area (Å²) in [5, 5.41) is 5.12. The highest BCUT2D eigenvalue weighted by atomic mass is 79.9. The Morgan fingerprint density at radius 2 is 2.31 bits per heavy atom. The summed E-state index contributed by atoms with van der Waals surface area (Å²) in [5.41, 5.74) is 1.99. The van der Waals surface area contributed by atoms with E-state index in [0.717, 1.165) is 16.4 Å². The molecule has 0 unspecified atom stereocenters. The normalized spacial score (nSPS) is 10.7. The fourth-order valence-corrected chi connectivity index (χ4v) is 2.25. The van der Waals surface area contributed by atoms with Gasteiger partial charge in [-0.1, -0.05) is 0 Å². The molecular weight excluding hydrogens is 252 g/mol. The van der Waals surface area contributed by atoms with E-state index in [4.69, 9.17) is 0 Å². The summed E-state index contributed by atoms with van der Waals surface area (Å²) in [6.07, 6.45) is 0. The number of hydrogen-bond acceptors (Lipinski definition) is 4. The largest absolute Gasteiger partial charge is 0.265 e. The molecule has 4 nitrogen and oxygen atoms in total. The second-order valence-corrected chi connectivity index (χ2v) is 4.12. The summed E-state index contributed by atoms with van der Waals surface area (Å²) >= 11 is 4.58. The van der Waals surface area contributed by atoms with E-state index in [0.29, 0.717) is 4.73 Å². The van der Waals surface area contributed by atoms with Gasteiger partial charge in [0.2, 0.25) is 4.73 Å². The quantitative estimate of drug-likeness (QED) is 0.786. The van der Waals surface area contributed by atoms with Crippen molar-refractivity contribution in [1.29, 1.82) is 0 Å². The van der Waals surface area contributed by atoms with Crippen LogP contribution in [0.25, 0.3) is 10.7 Å². The number of aromatic nitrogens is 4. The number of aryl methyl sites for hydroxylation is 2. The van der Waals surface area contributed by atoms with Gasteiger partial charge in [0.05, 0.1) is 11.4 Å². The molecule has 0 atom stereocenters. The Morgan fingerprint density at radius 1 is 1.54 bits per heavy atom. The molecule has 2 rings (SSSR count). The molecule has 0 fully saturated rings. The monoisotopic (exact) mass is 258 g/mol. The molecule has 0 N–H and O–H groups in total. The van der Waals surface area contributed by atoms with E-state index < -0.39 is 0 Å². The minimum absolute atomic E-state index is 0.631. The van der Waals surface area contributed by atoms with Gasteiger partial charge in [0.25, 0.3) is 0 Å². The van der Waals surface area contributed by atoms with Crippen molar-refractivity contribution in [2.75, 3.05) is 0 Å². The van der Waals surface area contributed by atoms with Crippen molar-refractivity contribution in [2.45, 2.75) is 6.92 Å². The molecular formula is C7H7BrN4S. The van der Waals surface area contributed by atoms with E-state index >= 15 is 0 Å². The third-order valence-corrected chi connectivity index (χ3v) is 2.95. The molecule has 0 spiro atoms. The van der Waals surface area contributed by atoms with E-state index in [-0.39, 0.29) is 0 Å². The zero-order valence-corrected chi connectivity index (χ0v) is 9.55. The van der Waals surface area contributed by atoms with Gasteiger partial charge in [-0.3, -0.25) is 4.68 Å². The van der Waals surface area contributed by atoms with Gasteiger partial charge in [0.1, 0.15) is 0 Å². The summed E-state index contributed by atoms with van der Waals surface area (Å²) in [5.74, 6) is 0. The van der Waals surface area contributed by atoms with Crippen molar-refractivity contribution in [3.63, 3.8) is 0 Å². The van der Waals surface area contributed by atoms with Crippen LogP contribution in [0.3, 0.4) is 0 Å². The molecule has 0 amide bonds. The van der Waals surface area contributed by atoms with Crippen LogP contribution in [0.1, 0.15) is 5.69 Å². The van der Waals surface area contributed by atoms with Crippen LogP contribution in [0, 0.1) is 6.92 Å². The van der Waals surface area contributed by atoms with Crippen LogP contribution in [0.5, 0.6) is 0 Å². The van der Waals surface area contributed by atoms with Crippen molar-refractivity contribution in [3.05, 3.63) is 16.5 Å². The molecule has 2 heterocycles. The molecule has 6 heteroatoms. The fourth-order valence-electron chi connectivity index (χ4n) is 1.12. The minimum Gasteiger partial charge on any atom is -0.265 e. The number of rotatable bonds is 1. The van der Waals surface area contributed by atoms with Gasteiger partial charge in [0.15, 0.2) is 5.01 Å². The summed E-state index contributed by atoms with van der Waals surface area (Å²) in [6.45, 7) is 1.96. The first kappa shape index (κ1) is 8.83. The Balaban J connectivity index is 2.51. The molecule has 13 heavy (non-hydrogen) atoms. The van der Waals surface area contributed by atoms with Gasteiger partial charge in [-0.05, 0) is 40.5 Å². The molecule has 0 aromatic carbocycles. The van der Waals surface area contributed by atoms with Crippen LogP contribution in [-0.2, 0) is 7.05 Å². The molecule has 0 aliphatic heterocycles. The first-order valence-electron chi connectivity index (χ1n) is 3.67. The van der Waals surface area contributed by atoms with Gasteiger partial charge in [-0.2, -0.15) is 9.47 Å². The van der Waals surface area contributed by atoms with Crippen LogP contribution < -0.4 is 0 Å². The van der Waals surface area contributed by atoms with Gasteiger partial charge >= 0.3 is 0 Å². The van der Waals surface area contributed by atoms with E-state index in [9.17, 15) is 0 Å². The van der Waals surface area contributed by atoms with Crippen molar-refractivity contribution in [2.24, 2.45) is 7.05 Å². The van der Waals surface area contributed by atoms with Crippen LogP contribution in [-0.4, -0.2) is 19.1 Å². The summed E-state index contributed by atoms with van der Waals surface area (Å²) in [6, 6.07) is 1.99. The average Bonchev–Trinajstić information content (AvgIpc) is 2.58. The minimum atomic E-state index is 0.631. The Labute approximate surface area is 87.9 Å². The standard InChI is InChI=1S/C7H7BrN4S/c1-4-3-5(12(2)10-4)6-9-7(8)11-13-6/h3H,1-2H3. The maximum atomic E-state index is 4.24. The SMILES string of the molecule is Cc1cc(-c2nc(Br)ns2)n(C)n1. The first-order valence-corrected chi connectivity index (χ1v) is 5.23. The Hall–Kier alpha value is -0.750. The third kappa shape index (κ3) is 1.64. The van der Waals surface area contributed by atoms with Gasteiger partial charge in [0, 0.05) is 7.05 Å². The molecule has 68 valence electrons. The highest BCUT2D eigenvalue weighted by Gasteiger charge is 2.09. The summed E-state index contributed by atoms with van der Waals surface area (Å²) in [7, 11) is 1.90. The lowest BCUT2D eigenvalue weighted by Gasteiger charge is -1.93.